The van der Waals surface area contributed by atoms with Crippen LogP contribution in [0, 0.1) is 120 Å². The van der Waals surface area contributed by atoms with E-state index in [2.05, 4.69) is 499 Å². The second kappa shape index (κ2) is 28.2. The van der Waals surface area contributed by atoms with E-state index in [4.69, 9.17) is 0 Å². The highest BCUT2D eigenvalue weighted by molar-refractivity contribution is 6.23. The Kier molecular flexibility index (Phi) is 19.4. The van der Waals surface area contributed by atoms with Crippen LogP contribution in [0.3, 0.4) is 0 Å². The van der Waals surface area contributed by atoms with Gasteiger partial charge in [0, 0.05) is 43.3 Å². The van der Waals surface area contributed by atoms with Crippen molar-refractivity contribution in [3.8, 4) is 0 Å². The first-order valence-electron chi connectivity index (χ1n) is 53.6. The van der Waals surface area contributed by atoms with Gasteiger partial charge in [-0.2, -0.15) is 0 Å². The van der Waals surface area contributed by atoms with Crippen molar-refractivity contribution in [2.24, 2.45) is 65.0 Å². The molecule has 0 heterocycles. The van der Waals surface area contributed by atoms with Gasteiger partial charge in [0.1, 0.15) is 0 Å². The minimum Gasteiger partial charge on any atom is -0.0626 e. The molecule has 0 aromatic heterocycles. The minimum atomic E-state index is -0.00424. The number of benzene rings is 16. The Morgan fingerprint density at radius 2 is 0.357 bits per heavy atom. The largest absolute Gasteiger partial charge is 0.0626 e. The van der Waals surface area contributed by atoms with Gasteiger partial charge in [0.2, 0.25) is 0 Å². The van der Waals surface area contributed by atoms with E-state index in [1.807, 2.05) is 0 Å². The topological polar surface area (TPSA) is 0 Å². The quantitative estimate of drug-likeness (QED) is 0.105. The van der Waals surface area contributed by atoms with Crippen LogP contribution < -0.4 is 0 Å². The molecule has 0 heteroatoms. The summed E-state index contributed by atoms with van der Waals surface area (Å²) in [6, 6.07) is 74.6. The predicted octanol–water partition coefficient (Wildman–Crippen LogP) is 40.2. The van der Waals surface area contributed by atoms with Crippen molar-refractivity contribution in [2.75, 3.05) is 0 Å². The second-order valence-electron chi connectivity index (χ2n) is 54.7. The van der Waals surface area contributed by atoms with Gasteiger partial charge >= 0.3 is 0 Å². The fraction of sp³-hybridized carbons (Fsp3) is 0.457. The molecule has 0 radical (unpaired) electrons. The molecule has 16 aromatic carbocycles. The molecule has 4 atom stereocenters. The second-order valence-corrected chi connectivity index (χ2v) is 54.7. The molecule has 0 N–H and O–H groups in total. The third-order valence-corrected chi connectivity index (χ3v) is 51.1. The van der Waals surface area contributed by atoms with Crippen LogP contribution in [-0.2, 0) is 43.3 Å². The Balaban J connectivity index is 0.000000111. The van der Waals surface area contributed by atoms with Gasteiger partial charge in [0.05, 0.1) is 0 Å². The summed E-state index contributed by atoms with van der Waals surface area (Å²) < 4.78 is 0. The summed E-state index contributed by atoms with van der Waals surface area (Å²) in [6.45, 7) is 110. The summed E-state index contributed by atoms with van der Waals surface area (Å²) in [5.74, 6) is 0. The van der Waals surface area contributed by atoms with Gasteiger partial charge in [0.15, 0.2) is 0 Å². The third-order valence-electron chi connectivity index (χ3n) is 51.1. The fourth-order valence-electron chi connectivity index (χ4n) is 36.5. The van der Waals surface area contributed by atoms with Gasteiger partial charge < -0.3 is 0 Å². The van der Waals surface area contributed by atoms with E-state index in [0.717, 1.165) is 0 Å². The van der Waals surface area contributed by atoms with E-state index in [1.165, 1.54) is 174 Å². The lowest BCUT2D eigenvalue weighted by Gasteiger charge is -2.82. The zero-order valence-corrected chi connectivity index (χ0v) is 94.5. The lowest BCUT2D eigenvalue weighted by Crippen LogP contribution is -2.79. The summed E-state index contributed by atoms with van der Waals surface area (Å²) in [4.78, 5) is 0. The van der Waals surface area contributed by atoms with Crippen LogP contribution in [0.5, 0.6) is 0 Å². The van der Waals surface area contributed by atoms with E-state index in [0.29, 0.717) is 0 Å². The molecule has 0 amide bonds. The Bertz CT molecular complexity index is 8360. The summed E-state index contributed by atoms with van der Waals surface area (Å²) in [5, 5.41) is 33.4. The van der Waals surface area contributed by atoms with Crippen LogP contribution in [-0.4, -0.2) is 0 Å². The molecule has 8 bridgehead atoms. The molecule has 4 unspecified atom stereocenters. The zero-order chi connectivity index (χ0) is 102. The third kappa shape index (κ3) is 9.95. The molecular formula is C140H164. The number of hydrogen-bond donors (Lipinski definition) is 0. The van der Waals surface area contributed by atoms with Crippen LogP contribution >= 0.6 is 0 Å². The van der Waals surface area contributed by atoms with E-state index in [9.17, 15) is 0 Å². The van der Waals surface area contributed by atoms with Gasteiger partial charge in [-0.3, -0.25) is 0 Å². The molecule has 16 aromatic rings. The number of rotatable bonds is 0. The normalized spacial score (nSPS) is 28.1. The molecule has 0 aliphatic heterocycles. The lowest BCUT2D eigenvalue weighted by atomic mass is 9.21. The molecule has 2 saturated carbocycles. The van der Waals surface area contributed by atoms with Gasteiger partial charge in [-0.25, -0.2) is 0 Å². The van der Waals surface area contributed by atoms with Crippen LogP contribution in [0.25, 0.3) is 129 Å². The van der Waals surface area contributed by atoms with Crippen molar-refractivity contribution in [2.45, 2.75) is 348 Å². The highest BCUT2D eigenvalue weighted by Gasteiger charge is 2.82. The molecule has 12 aliphatic rings. The molecule has 724 valence electrons. The first kappa shape index (κ1) is 96.3. The maximum absolute atomic E-state index is 2.64. The van der Waals surface area contributed by atoms with Gasteiger partial charge in [-0.05, 0) is 391 Å². The Morgan fingerprint density at radius 1 is 0.143 bits per heavy atom. The van der Waals surface area contributed by atoms with Crippen LogP contribution in [0.2, 0.25) is 0 Å². The predicted molar refractivity (Wildman–Crippen MR) is 615 cm³/mol. The molecular weight excluding hydrogens is 1680 g/mol. The van der Waals surface area contributed by atoms with Crippen molar-refractivity contribution < 1.29 is 0 Å². The lowest BCUT2D eigenvalue weighted by molar-refractivity contribution is -0.247. The van der Waals surface area contributed by atoms with Crippen LogP contribution in [0.15, 0.2) is 216 Å². The molecule has 28 rings (SSSR count). The van der Waals surface area contributed by atoms with Gasteiger partial charge in [-0.15, -0.1) is 0 Å². The highest BCUT2D eigenvalue weighted by Crippen LogP contribution is 2.86. The highest BCUT2D eigenvalue weighted by atomic mass is 14.9. The summed E-state index contributed by atoms with van der Waals surface area (Å²) in [5.41, 5.74) is 32.2. The summed E-state index contributed by atoms with van der Waals surface area (Å²) in [6.07, 6.45) is 0. The first-order valence-corrected chi connectivity index (χ1v) is 53.6. The molecule has 0 saturated heterocycles. The van der Waals surface area contributed by atoms with Crippen molar-refractivity contribution in [3.05, 3.63) is 305 Å². The number of fused-ring (bicyclic) bond motifs is 26. The molecule has 0 spiro atoms. The maximum atomic E-state index is 2.64. The molecule has 2 fully saturated rings. The Hall–Kier alpha value is -9.88. The Labute approximate surface area is 841 Å². The standard InChI is InChI=1S/2C36H44.2C34H38/c1-21-17-27-26(24-16-14-13-15-23(21)24)18-22(2)25-19-29-30(20-28(25)27)36(12)33(7,8)31(3,4)35(29,11)32(5,6)34(36,9)10;1-21-24-19-20-26-25-16-14-13-15-23(25)17-18-27(26)28(24)22(2)30-29(21)35(11)31(3,4)33(7,8)36(30,12)34(9,10)32(35,5)6;1-19-15-27-26(24-14-12-11-13-23(19)24)16-20(2)25-17-29-30(18-28(25)27)34(10)22(4)21(3)33(29,9)31(5,6)32(34,7)8;1-19-24-17-18-26-25-14-12-11-13-23(25)15-16-27(26)28(24)20(2)30-29(19)33(9)21(3)22(4)34(30,10)32(7,8)31(33,5)6/h2*13-20H,1-12H3;2*11-18H,1-10H3. The summed E-state index contributed by atoms with van der Waals surface area (Å²) in [7, 11) is 0. The smallest absolute Gasteiger partial charge is 0.0196 e. The number of hydrogen-bond acceptors (Lipinski definition) is 0. The van der Waals surface area contributed by atoms with Crippen LogP contribution in [0.4, 0.5) is 0 Å². The van der Waals surface area contributed by atoms with E-state index in [-0.39, 0.29) is 108 Å². The molecule has 12 aliphatic carbocycles. The fourth-order valence-corrected chi connectivity index (χ4v) is 36.5. The van der Waals surface area contributed by atoms with E-state index >= 15 is 0 Å². The van der Waals surface area contributed by atoms with Crippen molar-refractivity contribution >= 4 is 129 Å². The average molecular weight is 1850 g/mol. The monoisotopic (exact) mass is 1850 g/mol. The van der Waals surface area contributed by atoms with Crippen molar-refractivity contribution in [1.29, 1.82) is 0 Å². The number of allylic oxidation sites excluding steroid dienone is 4. The van der Waals surface area contributed by atoms with E-state index < -0.39 is 0 Å². The van der Waals surface area contributed by atoms with Crippen molar-refractivity contribution in [3.63, 3.8) is 0 Å². The van der Waals surface area contributed by atoms with Crippen molar-refractivity contribution in [1.82, 2.24) is 0 Å². The maximum Gasteiger partial charge on any atom is 0.0196 e. The van der Waals surface area contributed by atoms with E-state index in [1.54, 1.807) is 66.8 Å². The zero-order valence-electron chi connectivity index (χ0n) is 94.5. The first-order chi connectivity index (χ1) is 64.6. The molecule has 140 heavy (non-hydrogen) atoms. The van der Waals surface area contributed by atoms with Crippen LogP contribution in [0.1, 0.15) is 338 Å². The van der Waals surface area contributed by atoms with Gasteiger partial charge in [-0.1, -0.05) is 414 Å². The Morgan fingerprint density at radius 3 is 0.707 bits per heavy atom. The summed E-state index contributed by atoms with van der Waals surface area (Å²) >= 11 is 0. The number of aryl methyl sites for hydroxylation is 8. The minimum absolute atomic E-state index is 0.00380. The van der Waals surface area contributed by atoms with Gasteiger partial charge in [0.25, 0.3) is 0 Å². The molecule has 0 nitrogen and oxygen atoms in total. The SMILES string of the molecule is CC1=C(C)C2(C)c3c(c(C)c4ccc5c6ccccc6ccc5c4c3C)C1(C)C(C)(C)C2(C)C.CC1=C(C)C2(C)c3cc4c(cc3C1(C)C(C)(C)C2(C)C)c(C)cc1c2ccccc2c(C)cc41.Cc1c2c(c(C)c3c1ccc1c4ccccc4ccc13)C1(C)C(C)(C)C(C)(C)C2(C)C(C)(C)C1(C)C.Cc1cc2c3cc4c(cc3c(C)cc2c2ccccc12)C1(C)C(C)(C)C(C)(C)C4(C)C(C)(C)C1(C)C. The average Bonchev–Trinajstić information content (AvgIpc) is 0.618.